The van der Waals surface area contributed by atoms with Crippen LogP contribution >= 0.6 is 0 Å². The molecule has 0 aliphatic carbocycles. The normalized spacial score (nSPS) is 22.7. The Morgan fingerprint density at radius 3 is 1.66 bits per heavy atom. The van der Waals surface area contributed by atoms with Gasteiger partial charge in [0.1, 0.15) is 12.7 Å². The molecule has 38 heavy (non-hydrogen) atoms. The SMILES string of the molecule is CCOC(=O)C(CCCOC1OC(COC(C)=O)C(OC(C)=O)C(OC(C)=O)C1OC(C)=O)C(=O)OCC. The maximum Gasteiger partial charge on any atom is 0.320 e. The van der Waals surface area contributed by atoms with Crippen molar-refractivity contribution in [2.45, 2.75) is 85.1 Å². The van der Waals surface area contributed by atoms with Crippen LogP contribution in [0.5, 0.6) is 0 Å². The second kappa shape index (κ2) is 16.6. The molecule has 1 rings (SSSR count). The zero-order chi connectivity index (χ0) is 28.8. The molecule has 1 aliphatic heterocycles. The quantitative estimate of drug-likeness (QED) is 0.128. The molecule has 0 amide bonds. The summed E-state index contributed by atoms with van der Waals surface area (Å²) in [6.07, 6.45) is -6.41. The molecule has 0 radical (unpaired) electrons. The first-order valence-corrected chi connectivity index (χ1v) is 12.2. The van der Waals surface area contributed by atoms with Gasteiger partial charge in [0.25, 0.3) is 0 Å². The van der Waals surface area contributed by atoms with E-state index < -0.39 is 79.0 Å². The van der Waals surface area contributed by atoms with E-state index in [1.807, 2.05) is 0 Å². The van der Waals surface area contributed by atoms with Crippen LogP contribution in [0.2, 0.25) is 0 Å². The molecule has 1 fully saturated rings. The minimum atomic E-state index is -1.37. The molecule has 5 unspecified atom stereocenters. The summed E-state index contributed by atoms with van der Waals surface area (Å²) in [6, 6.07) is 0. The first-order valence-electron chi connectivity index (χ1n) is 12.2. The summed E-state index contributed by atoms with van der Waals surface area (Å²) in [7, 11) is 0. The Bertz CT molecular complexity index is 822. The van der Waals surface area contributed by atoms with E-state index in [-0.39, 0.29) is 32.7 Å². The van der Waals surface area contributed by atoms with Crippen molar-refractivity contribution >= 4 is 35.8 Å². The Balaban J connectivity index is 3.12. The molecule has 0 aromatic heterocycles. The van der Waals surface area contributed by atoms with Crippen LogP contribution in [0, 0.1) is 5.92 Å². The minimum absolute atomic E-state index is 0.0168. The fraction of sp³-hybridized carbons (Fsp3) is 0.750. The highest BCUT2D eigenvalue weighted by Gasteiger charge is 2.52. The van der Waals surface area contributed by atoms with Crippen molar-refractivity contribution < 1.29 is 66.7 Å². The number of carbonyl (C=O) groups excluding carboxylic acids is 6. The zero-order valence-corrected chi connectivity index (χ0v) is 22.4. The van der Waals surface area contributed by atoms with Crippen LogP contribution in [0.3, 0.4) is 0 Å². The van der Waals surface area contributed by atoms with Crippen LogP contribution in [-0.2, 0) is 66.7 Å². The van der Waals surface area contributed by atoms with Crippen LogP contribution in [0.4, 0.5) is 0 Å². The topological polar surface area (TPSA) is 176 Å². The molecular weight excluding hydrogens is 512 g/mol. The predicted octanol–water partition coefficient (Wildman–Crippen LogP) is 0.609. The van der Waals surface area contributed by atoms with Crippen LogP contribution in [0.25, 0.3) is 0 Å². The van der Waals surface area contributed by atoms with Gasteiger partial charge in [0.15, 0.2) is 30.5 Å². The van der Waals surface area contributed by atoms with E-state index in [9.17, 15) is 28.8 Å². The minimum Gasteiger partial charge on any atom is -0.465 e. The fourth-order valence-corrected chi connectivity index (χ4v) is 3.63. The third-order valence-electron chi connectivity index (χ3n) is 5.01. The Labute approximate surface area is 220 Å². The largest absolute Gasteiger partial charge is 0.465 e. The molecule has 0 saturated carbocycles. The molecule has 0 N–H and O–H groups in total. The standard InChI is InChI=1S/C24H36O14/c1-7-31-22(29)17(23(30)32-8-2)10-9-11-33-24-21(37-16(6)28)20(36-15(5)27)19(35-14(4)26)18(38-24)12-34-13(3)25/h17-21,24H,7-12H2,1-6H3. The average molecular weight is 549 g/mol. The fourth-order valence-electron chi connectivity index (χ4n) is 3.63. The van der Waals surface area contributed by atoms with Gasteiger partial charge in [-0.3, -0.25) is 28.8 Å². The van der Waals surface area contributed by atoms with Gasteiger partial charge in [-0.05, 0) is 26.7 Å². The van der Waals surface area contributed by atoms with E-state index in [1.165, 1.54) is 0 Å². The number of rotatable bonds is 14. The monoisotopic (exact) mass is 548 g/mol. The molecule has 5 atom stereocenters. The third kappa shape index (κ3) is 11.0. The molecule has 1 aliphatic rings. The summed E-state index contributed by atoms with van der Waals surface area (Å²) < 4.78 is 42.4. The molecule has 0 spiro atoms. The second-order valence-electron chi connectivity index (χ2n) is 8.14. The lowest BCUT2D eigenvalue weighted by Gasteiger charge is -2.44. The van der Waals surface area contributed by atoms with E-state index in [0.717, 1.165) is 27.7 Å². The van der Waals surface area contributed by atoms with Gasteiger partial charge >= 0.3 is 35.8 Å². The highest BCUT2D eigenvalue weighted by atomic mass is 16.7. The maximum absolute atomic E-state index is 12.2. The van der Waals surface area contributed by atoms with Gasteiger partial charge < -0.3 is 37.9 Å². The Morgan fingerprint density at radius 2 is 1.18 bits per heavy atom. The van der Waals surface area contributed by atoms with Crippen LogP contribution < -0.4 is 0 Å². The van der Waals surface area contributed by atoms with E-state index in [2.05, 4.69) is 0 Å². The van der Waals surface area contributed by atoms with Crippen LogP contribution in [0.1, 0.15) is 54.4 Å². The number of esters is 6. The molecule has 0 aromatic rings. The van der Waals surface area contributed by atoms with E-state index >= 15 is 0 Å². The lowest BCUT2D eigenvalue weighted by molar-refractivity contribution is -0.308. The van der Waals surface area contributed by atoms with Gasteiger partial charge in [-0.15, -0.1) is 0 Å². The second-order valence-corrected chi connectivity index (χ2v) is 8.14. The number of carbonyl (C=O) groups is 6. The predicted molar refractivity (Wildman–Crippen MR) is 124 cm³/mol. The molecule has 0 aromatic carbocycles. The van der Waals surface area contributed by atoms with Gasteiger partial charge in [0.05, 0.1) is 13.2 Å². The Morgan fingerprint density at radius 1 is 0.684 bits per heavy atom. The van der Waals surface area contributed by atoms with Crippen molar-refractivity contribution in [2.24, 2.45) is 5.92 Å². The van der Waals surface area contributed by atoms with Crippen molar-refractivity contribution in [2.75, 3.05) is 26.4 Å². The molecule has 14 nitrogen and oxygen atoms in total. The Kier molecular flexibility index (Phi) is 14.3. The van der Waals surface area contributed by atoms with Gasteiger partial charge in [-0.2, -0.15) is 0 Å². The highest BCUT2D eigenvalue weighted by Crippen LogP contribution is 2.30. The van der Waals surface area contributed by atoms with Gasteiger partial charge in [0, 0.05) is 34.3 Å². The summed E-state index contributed by atoms with van der Waals surface area (Å²) >= 11 is 0. The van der Waals surface area contributed by atoms with Crippen LogP contribution in [0.15, 0.2) is 0 Å². The molecule has 1 saturated heterocycles. The van der Waals surface area contributed by atoms with Gasteiger partial charge in [-0.1, -0.05) is 0 Å². The Hall–Kier alpha value is -3.26. The molecule has 0 bridgehead atoms. The maximum atomic E-state index is 12.2. The smallest absolute Gasteiger partial charge is 0.320 e. The number of ether oxygens (including phenoxy) is 8. The summed E-state index contributed by atoms with van der Waals surface area (Å²) in [5, 5.41) is 0. The molecule has 14 heteroatoms. The molecule has 216 valence electrons. The lowest BCUT2D eigenvalue weighted by atomic mass is 9.98. The first kappa shape index (κ1) is 32.8. The summed E-state index contributed by atoms with van der Waals surface area (Å²) in [6.45, 7) is 7.35. The van der Waals surface area contributed by atoms with Crippen molar-refractivity contribution in [3.63, 3.8) is 0 Å². The number of hydrogen-bond donors (Lipinski definition) is 0. The van der Waals surface area contributed by atoms with Crippen molar-refractivity contribution in [1.29, 1.82) is 0 Å². The van der Waals surface area contributed by atoms with Crippen molar-refractivity contribution in [3.05, 3.63) is 0 Å². The third-order valence-corrected chi connectivity index (χ3v) is 5.01. The average Bonchev–Trinajstić information content (AvgIpc) is 2.80. The van der Waals surface area contributed by atoms with E-state index in [4.69, 9.17) is 37.9 Å². The summed E-state index contributed by atoms with van der Waals surface area (Å²) in [5.74, 6) is -5.60. The molecule has 1 heterocycles. The molecular formula is C24H36O14. The van der Waals surface area contributed by atoms with Gasteiger partial charge in [-0.25, -0.2) is 0 Å². The van der Waals surface area contributed by atoms with E-state index in [0.29, 0.717) is 0 Å². The number of hydrogen-bond acceptors (Lipinski definition) is 14. The zero-order valence-electron chi connectivity index (χ0n) is 22.4. The highest BCUT2D eigenvalue weighted by molar-refractivity contribution is 5.94. The summed E-state index contributed by atoms with van der Waals surface area (Å²) in [4.78, 5) is 71.3. The summed E-state index contributed by atoms with van der Waals surface area (Å²) in [5.41, 5.74) is 0. The lowest BCUT2D eigenvalue weighted by Crippen LogP contribution is -2.63. The van der Waals surface area contributed by atoms with Crippen molar-refractivity contribution in [1.82, 2.24) is 0 Å². The van der Waals surface area contributed by atoms with E-state index in [1.54, 1.807) is 13.8 Å². The van der Waals surface area contributed by atoms with Crippen LogP contribution in [-0.4, -0.2) is 92.9 Å². The van der Waals surface area contributed by atoms with Gasteiger partial charge in [0.2, 0.25) is 0 Å². The van der Waals surface area contributed by atoms with Crippen molar-refractivity contribution in [3.8, 4) is 0 Å². The first-order chi connectivity index (χ1) is 17.9.